The highest BCUT2D eigenvalue weighted by atomic mass is 35.5. The highest BCUT2D eigenvalue weighted by Gasteiger charge is 2.42. The van der Waals surface area contributed by atoms with Gasteiger partial charge in [-0.25, -0.2) is 0 Å². The maximum atomic E-state index is 6.24. The first kappa shape index (κ1) is 10.6. The molecule has 0 bridgehead atoms. The smallest absolute Gasteiger partial charge is 0.109 e. The highest BCUT2D eigenvalue weighted by Crippen LogP contribution is 2.40. The van der Waals surface area contributed by atoms with Crippen molar-refractivity contribution in [3.05, 3.63) is 23.0 Å². The summed E-state index contributed by atoms with van der Waals surface area (Å²) in [5.74, 6) is 0. The zero-order valence-electron chi connectivity index (χ0n) is 9.67. The second-order valence-electron chi connectivity index (χ2n) is 4.90. The van der Waals surface area contributed by atoms with E-state index >= 15 is 0 Å². The molecule has 0 radical (unpaired) electrons. The van der Waals surface area contributed by atoms with Gasteiger partial charge in [0.25, 0.3) is 0 Å². The van der Waals surface area contributed by atoms with Crippen molar-refractivity contribution in [2.75, 3.05) is 26.7 Å². The van der Waals surface area contributed by atoms with Crippen LogP contribution in [0, 0.1) is 0 Å². The molecule has 1 saturated heterocycles. The fraction of sp³-hybridized carbons (Fsp3) is 0.667. The summed E-state index contributed by atoms with van der Waals surface area (Å²) in [6.07, 6.45) is 2.37. The zero-order valence-corrected chi connectivity index (χ0v) is 10.4. The molecular weight excluding hydrogens is 222 g/mol. The molecule has 1 fully saturated rings. The van der Waals surface area contributed by atoms with Crippen molar-refractivity contribution in [2.45, 2.75) is 24.9 Å². The van der Waals surface area contributed by atoms with E-state index in [-0.39, 0.29) is 5.54 Å². The molecule has 3 nitrogen and oxygen atoms in total. The van der Waals surface area contributed by atoms with E-state index in [0.717, 1.165) is 31.3 Å². The maximum Gasteiger partial charge on any atom is 0.109 e. The molecule has 0 aliphatic carbocycles. The van der Waals surface area contributed by atoms with Gasteiger partial charge in [-0.15, -0.1) is 0 Å². The number of rotatable bonds is 0. The van der Waals surface area contributed by atoms with E-state index in [2.05, 4.69) is 27.9 Å². The van der Waals surface area contributed by atoms with Crippen molar-refractivity contribution in [1.29, 1.82) is 0 Å². The lowest BCUT2D eigenvalue weighted by molar-refractivity contribution is 0.0484. The Hall–Kier alpha value is -0.510. The second-order valence-corrected chi connectivity index (χ2v) is 5.28. The number of nitrogens with one attached hydrogen (secondary N) is 1. The van der Waals surface area contributed by atoms with E-state index in [1.165, 1.54) is 18.5 Å². The van der Waals surface area contributed by atoms with E-state index in [9.17, 15) is 0 Å². The molecule has 1 aromatic rings. The number of hydrogen-bond donors (Lipinski definition) is 1. The number of piperidine rings is 1. The van der Waals surface area contributed by atoms with Crippen LogP contribution in [-0.4, -0.2) is 36.1 Å². The predicted molar refractivity (Wildman–Crippen MR) is 65.9 cm³/mol. The number of aromatic nitrogens is 1. The third-order valence-electron chi connectivity index (χ3n) is 4.22. The molecule has 0 amide bonds. The predicted octanol–water partition coefficient (Wildman–Crippen LogP) is 1.67. The topological polar surface area (TPSA) is 20.2 Å². The summed E-state index contributed by atoms with van der Waals surface area (Å²) in [6.45, 7) is 4.33. The molecule has 4 heteroatoms. The van der Waals surface area contributed by atoms with Crippen molar-refractivity contribution in [3.8, 4) is 0 Å². The molecule has 16 heavy (non-hydrogen) atoms. The number of fused-ring (bicyclic) bond motifs is 2. The van der Waals surface area contributed by atoms with Gasteiger partial charge in [0, 0.05) is 18.8 Å². The normalized spacial score (nSPS) is 24.6. The Morgan fingerprint density at radius 3 is 2.75 bits per heavy atom. The van der Waals surface area contributed by atoms with Crippen molar-refractivity contribution < 1.29 is 0 Å². The first-order valence-corrected chi connectivity index (χ1v) is 6.39. The van der Waals surface area contributed by atoms with Gasteiger partial charge in [-0.3, -0.25) is 4.90 Å². The van der Waals surface area contributed by atoms with Crippen LogP contribution in [0.15, 0.2) is 12.1 Å². The van der Waals surface area contributed by atoms with Gasteiger partial charge in [-0.2, -0.15) is 0 Å². The van der Waals surface area contributed by atoms with Gasteiger partial charge in [0.1, 0.15) is 5.15 Å². The monoisotopic (exact) mass is 239 g/mol. The number of likely N-dealkylation sites (N-methyl/N-ethyl adjacent to an activating group) is 1. The van der Waals surface area contributed by atoms with Crippen LogP contribution in [0.5, 0.6) is 0 Å². The Morgan fingerprint density at radius 2 is 2.00 bits per heavy atom. The molecule has 2 aliphatic rings. The summed E-state index contributed by atoms with van der Waals surface area (Å²) in [5.41, 5.74) is 1.63. The first-order chi connectivity index (χ1) is 7.74. The van der Waals surface area contributed by atoms with Crippen LogP contribution < -0.4 is 5.32 Å². The number of nitrogens with zero attached hydrogens (tertiary/aromatic N) is 2. The molecule has 0 aromatic carbocycles. The maximum absolute atomic E-state index is 6.24. The van der Waals surface area contributed by atoms with Crippen molar-refractivity contribution in [2.24, 2.45) is 0 Å². The van der Waals surface area contributed by atoms with Crippen molar-refractivity contribution >= 4 is 11.6 Å². The summed E-state index contributed by atoms with van der Waals surface area (Å²) < 4.78 is 2.28. The lowest BCUT2D eigenvalue weighted by atomic mass is 9.82. The summed E-state index contributed by atoms with van der Waals surface area (Å²) in [7, 11) is 2.25. The Morgan fingerprint density at radius 1 is 1.25 bits per heavy atom. The second kappa shape index (κ2) is 3.76. The summed E-state index contributed by atoms with van der Waals surface area (Å²) >= 11 is 6.24. The Balaban J connectivity index is 2.08. The van der Waals surface area contributed by atoms with Gasteiger partial charge in [-0.1, -0.05) is 11.6 Å². The number of hydrogen-bond acceptors (Lipinski definition) is 2. The third kappa shape index (κ3) is 1.35. The van der Waals surface area contributed by atoms with Crippen LogP contribution in [0.4, 0.5) is 0 Å². The van der Waals surface area contributed by atoms with Gasteiger partial charge < -0.3 is 9.88 Å². The van der Waals surface area contributed by atoms with E-state index in [4.69, 9.17) is 11.6 Å². The van der Waals surface area contributed by atoms with Crippen LogP contribution in [0.25, 0.3) is 0 Å². The molecule has 2 aliphatic heterocycles. The molecule has 1 N–H and O–H groups in total. The van der Waals surface area contributed by atoms with Gasteiger partial charge in [0.15, 0.2) is 0 Å². The molecule has 1 aromatic heterocycles. The molecule has 0 saturated carbocycles. The van der Waals surface area contributed by atoms with Crippen LogP contribution in [0.2, 0.25) is 5.15 Å². The van der Waals surface area contributed by atoms with E-state index in [1.54, 1.807) is 0 Å². The minimum atomic E-state index is 0.219. The first-order valence-electron chi connectivity index (χ1n) is 6.01. The molecule has 1 spiro atoms. The van der Waals surface area contributed by atoms with E-state index in [0.29, 0.717) is 0 Å². The van der Waals surface area contributed by atoms with Crippen LogP contribution in [0.3, 0.4) is 0 Å². The van der Waals surface area contributed by atoms with Crippen LogP contribution in [0.1, 0.15) is 18.5 Å². The Bertz CT molecular complexity index is 393. The van der Waals surface area contributed by atoms with Gasteiger partial charge in [0.05, 0.1) is 5.54 Å². The fourth-order valence-corrected chi connectivity index (χ4v) is 3.45. The van der Waals surface area contributed by atoms with Gasteiger partial charge in [-0.05, 0) is 45.1 Å². The number of halogens is 1. The molecule has 3 heterocycles. The lowest BCUT2D eigenvalue weighted by Crippen LogP contribution is -2.55. The van der Waals surface area contributed by atoms with Crippen molar-refractivity contribution in [1.82, 2.24) is 14.8 Å². The van der Waals surface area contributed by atoms with Crippen LogP contribution in [-0.2, 0) is 12.1 Å². The minimum absolute atomic E-state index is 0.219. The molecular formula is C12H18ClN3. The summed E-state index contributed by atoms with van der Waals surface area (Å²) in [6, 6.07) is 4.25. The minimum Gasteiger partial charge on any atom is -0.333 e. The fourth-order valence-electron chi connectivity index (χ4n) is 3.21. The average Bonchev–Trinajstić information content (AvgIpc) is 2.68. The Labute approximate surface area is 101 Å². The largest absolute Gasteiger partial charge is 0.333 e. The molecule has 88 valence electrons. The SMILES string of the molecule is CN1CCn2c(Cl)ccc2C12CCNCC2. The van der Waals surface area contributed by atoms with E-state index < -0.39 is 0 Å². The van der Waals surface area contributed by atoms with Crippen LogP contribution >= 0.6 is 11.6 Å². The Kier molecular flexibility index (Phi) is 2.50. The standard InChI is InChI=1S/C12H18ClN3/c1-15-8-9-16-10(2-3-11(16)13)12(15)4-6-14-7-5-12/h2-3,14H,4-9H2,1H3. The third-order valence-corrected chi connectivity index (χ3v) is 4.55. The molecule has 3 rings (SSSR count). The van der Waals surface area contributed by atoms with Gasteiger partial charge in [0.2, 0.25) is 0 Å². The molecule has 0 atom stereocenters. The zero-order chi connectivity index (χ0) is 11.2. The molecule has 0 unspecified atom stereocenters. The van der Waals surface area contributed by atoms with Gasteiger partial charge >= 0.3 is 0 Å². The summed E-state index contributed by atoms with van der Waals surface area (Å²) in [4.78, 5) is 2.51. The highest BCUT2D eigenvalue weighted by molar-refractivity contribution is 6.29. The lowest BCUT2D eigenvalue weighted by Gasteiger charge is -2.48. The summed E-state index contributed by atoms with van der Waals surface area (Å²) in [5, 5.41) is 4.34. The quantitative estimate of drug-likeness (QED) is 0.743. The van der Waals surface area contributed by atoms with Crippen molar-refractivity contribution in [3.63, 3.8) is 0 Å². The van der Waals surface area contributed by atoms with E-state index in [1.807, 2.05) is 6.07 Å². The average molecular weight is 240 g/mol.